The molecule has 0 atom stereocenters. The Morgan fingerprint density at radius 3 is 2.33 bits per heavy atom. The van der Waals surface area contributed by atoms with Crippen LogP contribution in [0.3, 0.4) is 0 Å². The van der Waals surface area contributed by atoms with Crippen LogP contribution in [0.5, 0.6) is 0 Å². The molecule has 0 aliphatic carbocycles. The van der Waals surface area contributed by atoms with Gasteiger partial charge in [0.05, 0.1) is 0 Å². The minimum Gasteiger partial charge on any atom is -0.326 e. The van der Waals surface area contributed by atoms with Crippen molar-refractivity contribution in [1.82, 2.24) is 19.9 Å². The Morgan fingerprint density at radius 1 is 0.926 bits per heavy atom. The van der Waals surface area contributed by atoms with E-state index in [4.69, 9.17) is 0 Å². The van der Waals surface area contributed by atoms with E-state index in [1.165, 1.54) is 6.92 Å². The SMILES string of the molecule is CC(=O)Nc1ccc(C(=O)Nc2nc(C)nc(-c3ccncc3)n2)c(C)c1. The molecule has 2 amide bonds. The van der Waals surface area contributed by atoms with Crippen LogP contribution in [0.25, 0.3) is 11.4 Å². The molecule has 2 heterocycles. The second-order valence-corrected chi connectivity index (χ2v) is 5.93. The van der Waals surface area contributed by atoms with Gasteiger partial charge >= 0.3 is 0 Å². The van der Waals surface area contributed by atoms with Gasteiger partial charge in [0, 0.05) is 36.1 Å². The zero-order chi connectivity index (χ0) is 19.4. The fraction of sp³-hybridized carbons (Fsp3) is 0.158. The first-order valence-corrected chi connectivity index (χ1v) is 8.25. The Kier molecular flexibility index (Phi) is 5.16. The van der Waals surface area contributed by atoms with Gasteiger partial charge in [-0.1, -0.05) is 0 Å². The van der Waals surface area contributed by atoms with Crippen LogP contribution in [-0.2, 0) is 4.79 Å². The third kappa shape index (κ3) is 4.49. The van der Waals surface area contributed by atoms with E-state index in [1.54, 1.807) is 56.6 Å². The number of carbonyl (C=O) groups excluding carboxylic acids is 2. The molecule has 8 heteroatoms. The molecule has 0 bridgehead atoms. The number of anilines is 2. The number of aryl methyl sites for hydroxylation is 2. The maximum Gasteiger partial charge on any atom is 0.258 e. The summed E-state index contributed by atoms with van der Waals surface area (Å²) in [5, 5.41) is 5.39. The fourth-order valence-electron chi connectivity index (χ4n) is 2.54. The zero-order valence-electron chi connectivity index (χ0n) is 15.1. The van der Waals surface area contributed by atoms with Crippen molar-refractivity contribution in [3.05, 3.63) is 59.7 Å². The number of hydrogen-bond acceptors (Lipinski definition) is 6. The zero-order valence-corrected chi connectivity index (χ0v) is 15.1. The fourth-order valence-corrected chi connectivity index (χ4v) is 2.54. The first-order chi connectivity index (χ1) is 12.9. The van der Waals surface area contributed by atoms with Crippen LogP contribution in [0, 0.1) is 13.8 Å². The van der Waals surface area contributed by atoms with Crippen molar-refractivity contribution in [2.24, 2.45) is 0 Å². The van der Waals surface area contributed by atoms with E-state index in [0.29, 0.717) is 22.9 Å². The highest BCUT2D eigenvalue weighted by Gasteiger charge is 2.13. The maximum atomic E-state index is 12.6. The van der Waals surface area contributed by atoms with E-state index in [2.05, 4.69) is 30.6 Å². The van der Waals surface area contributed by atoms with Crippen LogP contribution in [0.4, 0.5) is 11.6 Å². The highest BCUT2D eigenvalue weighted by Crippen LogP contribution is 2.18. The Morgan fingerprint density at radius 2 is 1.67 bits per heavy atom. The summed E-state index contributed by atoms with van der Waals surface area (Å²) >= 11 is 0. The molecule has 0 spiro atoms. The summed E-state index contributed by atoms with van der Waals surface area (Å²) in [5.41, 5.74) is 2.60. The minimum absolute atomic E-state index is 0.170. The van der Waals surface area contributed by atoms with E-state index in [0.717, 1.165) is 11.1 Å². The van der Waals surface area contributed by atoms with Crippen molar-refractivity contribution in [3.63, 3.8) is 0 Å². The van der Waals surface area contributed by atoms with Gasteiger partial charge in [0.25, 0.3) is 5.91 Å². The summed E-state index contributed by atoms with van der Waals surface area (Å²) in [5.74, 6) is 0.608. The molecule has 0 aliphatic rings. The molecule has 1 aromatic carbocycles. The van der Waals surface area contributed by atoms with Gasteiger partial charge in [-0.05, 0) is 49.7 Å². The van der Waals surface area contributed by atoms with Crippen molar-refractivity contribution >= 4 is 23.5 Å². The van der Waals surface area contributed by atoms with Gasteiger partial charge in [0.15, 0.2) is 5.82 Å². The average Bonchev–Trinajstić information content (AvgIpc) is 2.61. The molecule has 3 aromatic rings. The normalized spacial score (nSPS) is 10.3. The molecule has 0 saturated heterocycles. The molecule has 136 valence electrons. The lowest BCUT2D eigenvalue weighted by atomic mass is 10.1. The van der Waals surface area contributed by atoms with Gasteiger partial charge in [-0.2, -0.15) is 9.97 Å². The van der Waals surface area contributed by atoms with Crippen molar-refractivity contribution in [3.8, 4) is 11.4 Å². The Hall–Kier alpha value is -3.68. The molecule has 2 N–H and O–H groups in total. The predicted molar refractivity (Wildman–Crippen MR) is 101 cm³/mol. The van der Waals surface area contributed by atoms with E-state index < -0.39 is 0 Å². The highest BCUT2D eigenvalue weighted by molar-refractivity contribution is 6.05. The summed E-state index contributed by atoms with van der Waals surface area (Å²) in [6.07, 6.45) is 3.29. The monoisotopic (exact) mass is 362 g/mol. The van der Waals surface area contributed by atoms with E-state index >= 15 is 0 Å². The maximum absolute atomic E-state index is 12.6. The molecule has 0 radical (unpaired) electrons. The number of amides is 2. The molecule has 27 heavy (non-hydrogen) atoms. The lowest BCUT2D eigenvalue weighted by Crippen LogP contribution is -2.17. The third-order valence-electron chi connectivity index (χ3n) is 3.70. The molecule has 8 nitrogen and oxygen atoms in total. The summed E-state index contributed by atoms with van der Waals surface area (Å²) in [6, 6.07) is 8.62. The standard InChI is InChI=1S/C19H18N6O2/c1-11-10-15(23-13(3)26)4-5-16(11)18(27)25-19-22-12(2)21-17(24-19)14-6-8-20-9-7-14/h4-10H,1-3H3,(H,23,26)(H,21,22,24,25,27). The highest BCUT2D eigenvalue weighted by atomic mass is 16.2. The molecule has 0 saturated carbocycles. The topological polar surface area (TPSA) is 110 Å². The van der Waals surface area contributed by atoms with Crippen LogP contribution in [0.15, 0.2) is 42.7 Å². The van der Waals surface area contributed by atoms with Crippen molar-refractivity contribution < 1.29 is 9.59 Å². The largest absolute Gasteiger partial charge is 0.326 e. The van der Waals surface area contributed by atoms with Crippen LogP contribution >= 0.6 is 0 Å². The van der Waals surface area contributed by atoms with Crippen molar-refractivity contribution in [2.75, 3.05) is 10.6 Å². The van der Waals surface area contributed by atoms with E-state index in [-0.39, 0.29) is 17.8 Å². The van der Waals surface area contributed by atoms with Gasteiger partial charge in [-0.25, -0.2) is 4.98 Å². The Labute approximate surface area is 156 Å². The van der Waals surface area contributed by atoms with Gasteiger partial charge in [-0.15, -0.1) is 0 Å². The summed E-state index contributed by atoms with van der Waals surface area (Å²) < 4.78 is 0. The number of nitrogens with one attached hydrogen (secondary N) is 2. The number of carbonyl (C=O) groups is 2. The number of nitrogens with zero attached hydrogens (tertiary/aromatic N) is 4. The lowest BCUT2D eigenvalue weighted by Gasteiger charge is -2.10. The summed E-state index contributed by atoms with van der Waals surface area (Å²) in [7, 11) is 0. The van der Waals surface area contributed by atoms with E-state index in [9.17, 15) is 9.59 Å². The number of benzene rings is 1. The molecule has 2 aromatic heterocycles. The van der Waals surface area contributed by atoms with Crippen LogP contribution in [0.2, 0.25) is 0 Å². The first-order valence-electron chi connectivity index (χ1n) is 8.25. The van der Waals surface area contributed by atoms with Crippen LogP contribution in [0.1, 0.15) is 28.7 Å². The lowest BCUT2D eigenvalue weighted by molar-refractivity contribution is -0.114. The molecular weight excluding hydrogens is 344 g/mol. The number of pyridine rings is 1. The number of hydrogen-bond donors (Lipinski definition) is 2. The van der Waals surface area contributed by atoms with Gasteiger partial charge < -0.3 is 5.32 Å². The first kappa shape index (κ1) is 18.1. The quantitative estimate of drug-likeness (QED) is 0.738. The second kappa shape index (κ2) is 7.69. The smallest absolute Gasteiger partial charge is 0.258 e. The molecule has 0 unspecified atom stereocenters. The Bertz CT molecular complexity index is 1000. The summed E-state index contributed by atoms with van der Waals surface area (Å²) in [6.45, 7) is 4.95. The van der Waals surface area contributed by atoms with Crippen LogP contribution < -0.4 is 10.6 Å². The van der Waals surface area contributed by atoms with Crippen molar-refractivity contribution in [2.45, 2.75) is 20.8 Å². The van der Waals surface area contributed by atoms with Crippen molar-refractivity contribution in [1.29, 1.82) is 0 Å². The molecule has 0 fully saturated rings. The Balaban J connectivity index is 1.84. The molecule has 3 rings (SSSR count). The van der Waals surface area contributed by atoms with Gasteiger partial charge in [0.1, 0.15) is 5.82 Å². The van der Waals surface area contributed by atoms with E-state index in [1.807, 2.05) is 0 Å². The van der Waals surface area contributed by atoms with Crippen LogP contribution in [-0.4, -0.2) is 31.8 Å². The average molecular weight is 362 g/mol. The molecular formula is C19H18N6O2. The second-order valence-electron chi connectivity index (χ2n) is 5.93. The summed E-state index contributed by atoms with van der Waals surface area (Å²) in [4.78, 5) is 40.5. The predicted octanol–water partition coefficient (Wildman–Crippen LogP) is 2.76. The number of rotatable bonds is 4. The van der Waals surface area contributed by atoms with Gasteiger partial charge in [0.2, 0.25) is 11.9 Å². The molecule has 0 aliphatic heterocycles. The van der Waals surface area contributed by atoms with Gasteiger partial charge in [-0.3, -0.25) is 19.9 Å². The minimum atomic E-state index is -0.340. The number of aromatic nitrogens is 4. The third-order valence-corrected chi connectivity index (χ3v) is 3.70.